The van der Waals surface area contributed by atoms with E-state index in [-0.39, 0.29) is 31.0 Å². The Labute approximate surface area is 352 Å². The second-order valence-electron chi connectivity index (χ2n) is 17.1. The van der Waals surface area contributed by atoms with Crippen LogP contribution in [-0.2, 0) is 23.9 Å². The standard InChI is InChI=1S/C45H63N5O8S/c1-7-28(4)35(37-26-59-43(47-37)46-27(2)3)23-39(34-20-19-32(56-6)21-29(34)5)57-33-22-38-40(51)49-45(42(53)54)24-30(45)15-11-9-8-10-12-18-36(41(52)50(38)25-33)48-44(55)58-31-16-13-14-17-31/h19-21,23,26-27,30-31,33,36,38H,7-18,22,24-25H2,1-6H3,(H,46,47)(H,48,55)(H,49,51)(H,53,54)/b35-28-,39-23+/t30-,33-,36+,38+,45?/m1/s1. The van der Waals surface area contributed by atoms with Gasteiger partial charge in [0, 0.05) is 29.0 Å². The molecule has 0 radical (unpaired) electrons. The van der Waals surface area contributed by atoms with Crippen molar-refractivity contribution in [3.05, 3.63) is 52.0 Å². The van der Waals surface area contributed by atoms with E-state index in [2.05, 4.69) is 43.6 Å². The maximum Gasteiger partial charge on any atom is 0.408 e. The van der Waals surface area contributed by atoms with Gasteiger partial charge in [-0.25, -0.2) is 14.6 Å². The van der Waals surface area contributed by atoms with Crippen molar-refractivity contribution >= 4 is 51.7 Å². The minimum absolute atomic E-state index is 0.0494. The molecule has 4 N–H and O–H groups in total. The van der Waals surface area contributed by atoms with Crippen LogP contribution in [0.2, 0.25) is 0 Å². The highest BCUT2D eigenvalue weighted by Gasteiger charge is 2.62. The minimum Gasteiger partial charge on any atom is -0.497 e. The number of hydrogen-bond acceptors (Lipinski definition) is 10. The maximum atomic E-state index is 14.7. The monoisotopic (exact) mass is 833 g/mol. The molecule has 4 aliphatic rings. The first-order valence-corrected chi connectivity index (χ1v) is 22.5. The number of thiazole rings is 1. The highest BCUT2D eigenvalue weighted by atomic mass is 32.1. The van der Waals surface area contributed by atoms with Crippen molar-refractivity contribution in [1.29, 1.82) is 0 Å². The van der Waals surface area contributed by atoms with E-state index >= 15 is 0 Å². The van der Waals surface area contributed by atoms with Crippen molar-refractivity contribution in [2.45, 2.75) is 160 Å². The van der Waals surface area contributed by atoms with Gasteiger partial charge in [0.25, 0.3) is 0 Å². The fourth-order valence-electron chi connectivity index (χ4n) is 8.73. The summed E-state index contributed by atoms with van der Waals surface area (Å²) < 4.78 is 18.2. The number of aromatic nitrogens is 1. The number of nitrogens with one attached hydrogen (secondary N) is 3. The van der Waals surface area contributed by atoms with Crippen molar-refractivity contribution in [3.8, 4) is 5.75 Å². The highest BCUT2D eigenvalue weighted by Crippen LogP contribution is 2.48. The van der Waals surface area contributed by atoms with Crippen LogP contribution >= 0.6 is 11.3 Å². The zero-order chi connectivity index (χ0) is 42.3. The number of amides is 3. The molecule has 5 atom stereocenters. The number of carboxylic acids is 1. The molecule has 3 amide bonds. The van der Waals surface area contributed by atoms with Gasteiger partial charge in [-0.1, -0.05) is 44.6 Å². The fourth-order valence-corrected chi connectivity index (χ4v) is 9.59. The number of hydrogen-bond donors (Lipinski definition) is 4. The first-order valence-electron chi connectivity index (χ1n) is 21.6. The lowest BCUT2D eigenvalue weighted by atomic mass is 10.00. The normalized spacial score (nSPS) is 26.2. The van der Waals surface area contributed by atoms with E-state index in [4.69, 9.17) is 19.2 Å². The summed E-state index contributed by atoms with van der Waals surface area (Å²) in [6.07, 6.45) is 10.7. The molecule has 2 saturated heterocycles. The Morgan fingerprint density at radius 2 is 1.76 bits per heavy atom. The number of ether oxygens (including phenoxy) is 3. The van der Waals surface area contributed by atoms with Crippen LogP contribution in [0, 0.1) is 12.8 Å². The van der Waals surface area contributed by atoms with E-state index in [0.717, 1.165) is 90.9 Å². The molecule has 1 aromatic carbocycles. The molecule has 2 aliphatic heterocycles. The van der Waals surface area contributed by atoms with Crippen LogP contribution in [0.15, 0.2) is 35.2 Å². The highest BCUT2D eigenvalue weighted by molar-refractivity contribution is 7.13. The van der Waals surface area contributed by atoms with Crippen LogP contribution in [0.1, 0.15) is 134 Å². The SMILES string of the molecule is CC/C(C)=C(/C=C(/O[C@@H]1C[C@H]2C(=O)NC3(C(=O)O)C[C@H]3CCCCCCC[C@H](NC(=O)OC3CCCC3)C(=O)N2C1)c1ccc(OC)cc1C)c1csc(NC(C)C)n1. The number of carboxylic acid groups (broad SMARTS) is 1. The molecule has 322 valence electrons. The summed E-state index contributed by atoms with van der Waals surface area (Å²) in [4.78, 5) is 61.5. The summed E-state index contributed by atoms with van der Waals surface area (Å²) in [6, 6.07) is 4.01. The first kappa shape index (κ1) is 44.0. The van der Waals surface area contributed by atoms with Crippen LogP contribution in [0.4, 0.5) is 9.93 Å². The Kier molecular flexibility index (Phi) is 14.6. The predicted molar refractivity (Wildman–Crippen MR) is 229 cm³/mol. The lowest BCUT2D eigenvalue weighted by Crippen LogP contribution is -2.56. The fraction of sp³-hybridized carbons (Fsp3) is 0.622. The van der Waals surface area contributed by atoms with Gasteiger partial charge < -0.3 is 40.2 Å². The number of carbonyl (C=O) groups excluding carboxylic acids is 3. The van der Waals surface area contributed by atoms with Gasteiger partial charge >= 0.3 is 12.1 Å². The van der Waals surface area contributed by atoms with Crippen molar-refractivity contribution in [1.82, 2.24) is 20.5 Å². The summed E-state index contributed by atoms with van der Waals surface area (Å²) in [5.74, 6) is -0.936. The molecular weight excluding hydrogens is 771 g/mol. The third-order valence-electron chi connectivity index (χ3n) is 12.3. The van der Waals surface area contributed by atoms with Crippen molar-refractivity contribution < 1.29 is 38.5 Å². The summed E-state index contributed by atoms with van der Waals surface area (Å²) in [5, 5.41) is 22.4. The number of alkyl carbamates (subject to hydrolysis) is 1. The third kappa shape index (κ3) is 10.8. The quantitative estimate of drug-likeness (QED) is 0.121. The van der Waals surface area contributed by atoms with Gasteiger partial charge in [0.05, 0.1) is 19.3 Å². The third-order valence-corrected chi connectivity index (χ3v) is 13.1. The smallest absolute Gasteiger partial charge is 0.408 e. The van der Waals surface area contributed by atoms with E-state index in [1.165, 1.54) is 16.2 Å². The number of benzene rings is 1. The Morgan fingerprint density at radius 3 is 2.44 bits per heavy atom. The molecule has 6 rings (SSSR count). The lowest BCUT2D eigenvalue weighted by Gasteiger charge is -2.29. The Balaban J connectivity index is 1.36. The summed E-state index contributed by atoms with van der Waals surface area (Å²) in [6.45, 7) is 10.3. The van der Waals surface area contributed by atoms with E-state index < -0.39 is 47.6 Å². The Hall–Kier alpha value is -4.59. The largest absolute Gasteiger partial charge is 0.497 e. The van der Waals surface area contributed by atoms with E-state index in [0.29, 0.717) is 37.2 Å². The number of aryl methyl sites for hydroxylation is 1. The zero-order valence-electron chi connectivity index (χ0n) is 35.6. The molecule has 59 heavy (non-hydrogen) atoms. The van der Waals surface area contributed by atoms with Gasteiger partial charge in [-0.05, 0) is 115 Å². The molecular formula is C45H63N5O8S. The number of allylic oxidation sites excluding steroid dienone is 3. The number of nitrogens with zero attached hydrogens (tertiary/aromatic N) is 2. The summed E-state index contributed by atoms with van der Waals surface area (Å²) >= 11 is 1.53. The van der Waals surface area contributed by atoms with E-state index in [9.17, 15) is 24.3 Å². The van der Waals surface area contributed by atoms with Crippen molar-refractivity contribution in [2.75, 3.05) is 19.0 Å². The molecule has 4 fully saturated rings. The average Bonchev–Trinajstić information content (AvgIpc) is 3.62. The molecule has 0 bridgehead atoms. The van der Waals surface area contributed by atoms with Crippen LogP contribution in [0.5, 0.6) is 5.75 Å². The van der Waals surface area contributed by atoms with Gasteiger partial charge in [-0.3, -0.25) is 9.59 Å². The van der Waals surface area contributed by atoms with E-state index in [1.807, 2.05) is 36.6 Å². The topological polar surface area (TPSA) is 168 Å². The average molecular weight is 834 g/mol. The van der Waals surface area contributed by atoms with Gasteiger partial charge in [-0.2, -0.15) is 0 Å². The maximum absolute atomic E-state index is 14.7. The van der Waals surface area contributed by atoms with Gasteiger partial charge in [-0.15, -0.1) is 11.3 Å². The number of carbonyl (C=O) groups is 4. The number of anilines is 1. The van der Waals surface area contributed by atoms with Crippen molar-refractivity contribution in [2.24, 2.45) is 5.92 Å². The summed E-state index contributed by atoms with van der Waals surface area (Å²) in [5.41, 5.74) is 3.15. The van der Waals surface area contributed by atoms with Gasteiger partial charge in [0.15, 0.2) is 5.13 Å². The number of fused-ring (bicyclic) bond motifs is 2. The van der Waals surface area contributed by atoms with Crippen LogP contribution < -0.4 is 20.7 Å². The van der Waals surface area contributed by atoms with E-state index in [1.54, 1.807) is 7.11 Å². The number of aliphatic carboxylic acids is 1. The number of rotatable bonds is 12. The molecule has 2 aromatic rings. The first-order chi connectivity index (χ1) is 28.3. The van der Waals surface area contributed by atoms with Crippen LogP contribution in [0.3, 0.4) is 0 Å². The minimum atomic E-state index is -1.37. The molecule has 3 heterocycles. The zero-order valence-corrected chi connectivity index (χ0v) is 36.4. The molecule has 1 unspecified atom stereocenters. The van der Waals surface area contributed by atoms with Gasteiger partial charge in [0.2, 0.25) is 11.8 Å². The van der Waals surface area contributed by atoms with Crippen LogP contribution in [0.25, 0.3) is 11.3 Å². The molecule has 2 saturated carbocycles. The second kappa shape index (κ2) is 19.6. The Morgan fingerprint density at radius 1 is 1.05 bits per heavy atom. The molecule has 14 heteroatoms. The molecule has 0 spiro atoms. The molecule has 13 nitrogen and oxygen atoms in total. The second-order valence-corrected chi connectivity index (χ2v) is 17.9. The Bertz CT molecular complexity index is 1900. The molecule has 1 aromatic heterocycles. The van der Waals surface area contributed by atoms with Crippen molar-refractivity contribution in [3.63, 3.8) is 0 Å². The number of methoxy groups -OCH3 is 1. The predicted octanol–water partition coefficient (Wildman–Crippen LogP) is 8.23. The van der Waals surface area contributed by atoms with Gasteiger partial charge in [0.1, 0.15) is 41.3 Å². The summed E-state index contributed by atoms with van der Waals surface area (Å²) in [7, 11) is 1.62. The lowest BCUT2D eigenvalue weighted by molar-refractivity contribution is -0.146. The van der Waals surface area contributed by atoms with Crippen LogP contribution in [-0.4, -0.2) is 88.4 Å². The molecule has 2 aliphatic carbocycles.